The number of hydrogen-bond acceptors (Lipinski definition) is 9. The largest absolute Gasteiger partial charge is 0.451 e. The molecular weight excluding hydrogens is 458 g/mol. The van der Waals surface area contributed by atoms with Crippen LogP contribution in [0.25, 0.3) is 0 Å². The highest BCUT2D eigenvalue weighted by atomic mass is 16.7. The molecule has 0 radical (unpaired) electrons. The number of hydrogen-bond donors (Lipinski definition) is 6. The lowest BCUT2D eigenvalue weighted by molar-refractivity contribution is -0.366. The van der Waals surface area contributed by atoms with Crippen molar-refractivity contribution in [2.45, 2.75) is 87.4 Å². The van der Waals surface area contributed by atoms with Crippen LogP contribution in [0, 0.1) is 16.7 Å². The monoisotopic (exact) mass is 489 g/mol. The first-order valence-corrected chi connectivity index (χ1v) is 11.9. The average molecular weight is 490 g/mol. The van der Waals surface area contributed by atoms with Gasteiger partial charge in [-0.3, -0.25) is 4.79 Å². The van der Waals surface area contributed by atoms with Crippen molar-refractivity contribution in [3.8, 4) is 0 Å². The molecule has 6 aliphatic rings. The third-order valence-corrected chi connectivity index (χ3v) is 10.7. The number of nitrogens with one attached hydrogen (secondary N) is 1. The van der Waals surface area contributed by atoms with Gasteiger partial charge in [0.25, 0.3) is 0 Å². The fraction of sp³-hybridized carbons (Fsp3) is 0.680. The summed E-state index contributed by atoms with van der Waals surface area (Å²) < 4.78 is 11.9. The molecule has 4 aliphatic carbocycles. The van der Waals surface area contributed by atoms with Crippen LogP contribution in [0.4, 0.5) is 0 Å². The van der Waals surface area contributed by atoms with Crippen molar-refractivity contribution >= 4 is 11.8 Å². The number of ether oxygens (including phenoxy) is 2. The van der Waals surface area contributed by atoms with Crippen LogP contribution in [0.3, 0.4) is 0 Å². The van der Waals surface area contributed by atoms with Crippen LogP contribution in [-0.4, -0.2) is 82.2 Å². The first kappa shape index (κ1) is 23.3. The van der Waals surface area contributed by atoms with Crippen molar-refractivity contribution in [2.24, 2.45) is 16.7 Å². The van der Waals surface area contributed by atoms with E-state index >= 15 is 0 Å². The van der Waals surface area contributed by atoms with Crippen molar-refractivity contribution in [3.05, 3.63) is 35.7 Å². The van der Waals surface area contributed by atoms with Gasteiger partial charge in [0.05, 0.1) is 5.41 Å². The smallest absolute Gasteiger partial charge is 0.355 e. The average Bonchev–Trinajstić information content (AvgIpc) is 3.41. The number of esters is 1. The Hall–Kier alpha value is -2.08. The van der Waals surface area contributed by atoms with Gasteiger partial charge in [0.1, 0.15) is 22.5 Å². The molecule has 6 N–H and O–H groups in total. The number of Topliss-reactive ketones (excluding diaryl/α,β-unsaturated/α-hetero) is 1. The van der Waals surface area contributed by atoms with E-state index in [0.717, 1.165) is 0 Å². The van der Waals surface area contributed by atoms with Crippen LogP contribution >= 0.6 is 0 Å². The molecule has 10 heteroatoms. The Labute approximate surface area is 201 Å². The highest BCUT2D eigenvalue weighted by Gasteiger charge is 3.10. The van der Waals surface area contributed by atoms with Gasteiger partial charge in [0, 0.05) is 18.0 Å². The lowest BCUT2D eigenvalue weighted by Crippen LogP contribution is -2.73. The predicted octanol–water partition coefficient (Wildman–Crippen LogP) is -0.0593. The first-order valence-electron chi connectivity index (χ1n) is 11.9. The Kier molecular flexibility index (Phi) is 3.82. The molecule has 0 unspecified atom stereocenters. The third-order valence-electron chi connectivity index (χ3n) is 10.7. The molecule has 9 atom stereocenters. The van der Waals surface area contributed by atoms with Crippen LogP contribution in [0.2, 0.25) is 0 Å². The van der Waals surface area contributed by atoms with E-state index in [-0.39, 0.29) is 17.7 Å². The van der Waals surface area contributed by atoms with Gasteiger partial charge in [0.2, 0.25) is 0 Å². The SMILES string of the molecule is CC1=CC[C@]2(O)[C@]3(C)C[C@]4(O)O[C@@]2(C1=O)[C@]1(O)[C@@]3(O)[C@H](OC(=O)c2ccc[nH]2)[C@](O)(C(C)C)[C@]14C. The Morgan fingerprint density at radius 3 is 2.43 bits per heavy atom. The molecule has 3 heterocycles. The summed E-state index contributed by atoms with van der Waals surface area (Å²) in [6.07, 6.45) is 0.608. The highest BCUT2D eigenvalue weighted by Crippen LogP contribution is 2.89. The van der Waals surface area contributed by atoms with Crippen LogP contribution < -0.4 is 0 Å². The second-order valence-corrected chi connectivity index (χ2v) is 11.8. The topological polar surface area (TPSA) is 170 Å². The van der Waals surface area contributed by atoms with Crippen molar-refractivity contribution in [3.63, 3.8) is 0 Å². The molecule has 2 saturated heterocycles. The Bertz CT molecular complexity index is 1230. The normalized spacial score (nSPS) is 55.5. The maximum atomic E-state index is 13.8. The van der Waals surface area contributed by atoms with E-state index in [1.807, 2.05) is 0 Å². The molecule has 5 fully saturated rings. The molecule has 1 aromatic rings. The minimum absolute atomic E-state index is 0.0406. The second-order valence-electron chi connectivity index (χ2n) is 11.8. The van der Waals surface area contributed by atoms with Gasteiger partial charge in [0.15, 0.2) is 28.9 Å². The Morgan fingerprint density at radius 2 is 1.86 bits per heavy atom. The quantitative estimate of drug-likeness (QED) is 0.319. The zero-order valence-corrected chi connectivity index (χ0v) is 20.2. The maximum absolute atomic E-state index is 13.8. The zero-order valence-electron chi connectivity index (χ0n) is 20.2. The molecule has 7 rings (SSSR count). The number of aromatic nitrogens is 1. The molecule has 0 amide bonds. The van der Waals surface area contributed by atoms with Gasteiger partial charge in [-0.05, 0) is 43.9 Å². The van der Waals surface area contributed by atoms with Crippen molar-refractivity contribution in [2.75, 3.05) is 0 Å². The summed E-state index contributed by atoms with van der Waals surface area (Å²) in [6.45, 7) is 7.48. The van der Waals surface area contributed by atoms with E-state index in [9.17, 15) is 35.1 Å². The lowest BCUT2D eigenvalue weighted by atomic mass is 9.52. The van der Waals surface area contributed by atoms with E-state index < -0.39 is 74.8 Å². The zero-order chi connectivity index (χ0) is 25.8. The Morgan fingerprint density at radius 1 is 1.20 bits per heavy atom. The molecule has 0 aromatic carbocycles. The van der Waals surface area contributed by atoms with Gasteiger partial charge < -0.3 is 40.0 Å². The fourth-order valence-electron chi connectivity index (χ4n) is 8.96. The summed E-state index contributed by atoms with van der Waals surface area (Å²) in [5.41, 5.74) is -16.0. The molecular formula is C25H31NO9. The van der Waals surface area contributed by atoms with Gasteiger partial charge in [-0.2, -0.15) is 0 Å². The molecule has 1 spiro atoms. The number of aromatic amines is 1. The maximum Gasteiger partial charge on any atom is 0.355 e. The molecule has 6 bridgehead atoms. The van der Waals surface area contributed by atoms with Crippen LogP contribution in [0.1, 0.15) is 57.9 Å². The van der Waals surface area contributed by atoms with E-state index in [1.165, 1.54) is 39.1 Å². The van der Waals surface area contributed by atoms with E-state index in [4.69, 9.17) is 9.47 Å². The standard InChI is InChI=1S/C25H31NO9/c1-12(2)22(31)17(34-16(28)14-7-6-10-26-14)23(32)18(4)11-21(30)19(22,5)25(23,33)24(35-21)15(27)13(3)8-9-20(18,24)29/h6-8,10,12,17,26,29-33H,9,11H2,1-5H3/t17-,18+,19-,20+,21+,22-,23-,24-,25-/m1/s1. The summed E-state index contributed by atoms with van der Waals surface area (Å²) in [4.78, 5) is 29.7. The molecule has 10 nitrogen and oxygen atoms in total. The number of ketones is 1. The number of carbonyl (C=O) groups excluding carboxylic acids is 2. The third kappa shape index (κ3) is 1.67. The minimum Gasteiger partial charge on any atom is -0.451 e. The summed E-state index contributed by atoms with van der Waals surface area (Å²) in [5, 5.41) is 62.0. The highest BCUT2D eigenvalue weighted by molar-refractivity contribution is 6.07. The minimum atomic E-state index is -2.73. The van der Waals surface area contributed by atoms with Crippen molar-refractivity contribution in [1.82, 2.24) is 4.98 Å². The predicted molar refractivity (Wildman–Crippen MR) is 118 cm³/mol. The van der Waals surface area contributed by atoms with Gasteiger partial charge in [-0.15, -0.1) is 0 Å². The van der Waals surface area contributed by atoms with Crippen molar-refractivity contribution < 1.29 is 44.6 Å². The van der Waals surface area contributed by atoms with Crippen molar-refractivity contribution in [1.29, 1.82) is 0 Å². The number of rotatable bonds is 3. The Balaban J connectivity index is 1.71. The van der Waals surface area contributed by atoms with Gasteiger partial charge in [-0.25, -0.2) is 4.79 Å². The lowest BCUT2D eigenvalue weighted by Gasteiger charge is -2.58. The van der Waals surface area contributed by atoms with E-state index in [0.29, 0.717) is 0 Å². The van der Waals surface area contributed by atoms with Crippen LogP contribution in [0.5, 0.6) is 0 Å². The molecule has 2 aliphatic heterocycles. The van der Waals surface area contributed by atoms with Crippen LogP contribution in [0.15, 0.2) is 30.0 Å². The summed E-state index contributed by atoms with van der Waals surface area (Å²) in [7, 11) is 0. The van der Waals surface area contributed by atoms with E-state index in [2.05, 4.69) is 4.98 Å². The second kappa shape index (κ2) is 5.74. The molecule has 35 heavy (non-hydrogen) atoms. The van der Waals surface area contributed by atoms with Crippen LogP contribution in [-0.2, 0) is 14.3 Å². The number of aliphatic hydroxyl groups is 5. The van der Waals surface area contributed by atoms with Gasteiger partial charge in [-0.1, -0.05) is 26.8 Å². The summed E-state index contributed by atoms with van der Waals surface area (Å²) >= 11 is 0. The number of H-pyrrole nitrogens is 1. The summed E-state index contributed by atoms with van der Waals surface area (Å²) in [6, 6.07) is 3.02. The first-order chi connectivity index (χ1) is 16.0. The van der Waals surface area contributed by atoms with E-state index in [1.54, 1.807) is 19.9 Å². The molecule has 190 valence electrons. The molecule has 3 saturated carbocycles. The number of carbonyl (C=O) groups is 2. The summed E-state index contributed by atoms with van der Waals surface area (Å²) in [5.74, 6) is -4.84. The van der Waals surface area contributed by atoms with Gasteiger partial charge >= 0.3 is 5.97 Å². The molecule has 1 aromatic heterocycles. The fourth-order valence-corrected chi connectivity index (χ4v) is 8.96.